The number of fused-ring (bicyclic) bond motifs is 1. The number of hydrogen-bond donors (Lipinski definition) is 0. The summed E-state index contributed by atoms with van der Waals surface area (Å²) in [4.78, 5) is 5.37. The van der Waals surface area contributed by atoms with Crippen LogP contribution >= 0.6 is 11.6 Å². The fourth-order valence-electron chi connectivity index (χ4n) is 3.76. The first-order valence-corrected chi connectivity index (χ1v) is 8.24. The third-order valence-electron chi connectivity index (χ3n) is 4.94. The van der Waals surface area contributed by atoms with Crippen LogP contribution in [0.15, 0.2) is 24.3 Å². The van der Waals surface area contributed by atoms with Crippen molar-refractivity contribution in [1.29, 1.82) is 0 Å². The van der Waals surface area contributed by atoms with Gasteiger partial charge in [-0.05, 0) is 36.9 Å². The van der Waals surface area contributed by atoms with Gasteiger partial charge in [0, 0.05) is 36.7 Å². The van der Waals surface area contributed by atoms with Crippen LogP contribution in [0.3, 0.4) is 0 Å². The Kier molecular flexibility index (Phi) is 4.34. The highest BCUT2D eigenvalue weighted by molar-refractivity contribution is 6.31. The first-order chi connectivity index (χ1) is 9.65. The zero-order chi connectivity index (χ0) is 14.1. The fraction of sp³-hybridized carbons (Fsp3) is 0.647. The Balaban J connectivity index is 1.77. The fourth-order valence-corrected chi connectivity index (χ4v) is 3.96. The molecular weight excluding hydrogens is 268 g/mol. The predicted molar refractivity (Wildman–Crippen MR) is 85.1 cm³/mol. The molecular formula is C17H25ClN2. The van der Waals surface area contributed by atoms with Crippen molar-refractivity contribution >= 4 is 11.6 Å². The molecule has 0 N–H and O–H groups in total. The molecule has 0 aromatic heterocycles. The van der Waals surface area contributed by atoms with Crippen molar-refractivity contribution in [2.75, 3.05) is 19.6 Å². The zero-order valence-electron chi connectivity index (χ0n) is 12.6. The third-order valence-corrected chi connectivity index (χ3v) is 5.30. The summed E-state index contributed by atoms with van der Waals surface area (Å²) in [5, 5.41) is 0.906. The van der Waals surface area contributed by atoms with Crippen molar-refractivity contribution in [2.45, 2.75) is 45.3 Å². The average Bonchev–Trinajstić information content (AvgIpc) is 2.87. The normalized spacial score (nSPS) is 28.0. The van der Waals surface area contributed by atoms with E-state index in [-0.39, 0.29) is 0 Å². The highest BCUT2D eigenvalue weighted by Crippen LogP contribution is 2.29. The Morgan fingerprint density at radius 2 is 2.05 bits per heavy atom. The third kappa shape index (κ3) is 2.88. The molecule has 2 unspecified atom stereocenters. The van der Waals surface area contributed by atoms with E-state index in [9.17, 15) is 0 Å². The van der Waals surface area contributed by atoms with E-state index in [1.54, 1.807) is 0 Å². The summed E-state index contributed by atoms with van der Waals surface area (Å²) in [6.45, 7) is 9.42. The van der Waals surface area contributed by atoms with Crippen molar-refractivity contribution in [1.82, 2.24) is 9.80 Å². The lowest BCUT2D eigenvalue weighted by atomic mass is 9.96. The molecule has 0 amide bonds. The van der Waals surface area contributed by atoms with Gasteiger partial charge in [-0.1, -0.05) is 43.6 Å². The van der Waals surface area contributed by atoms with Crippen LogP contribution in [0.5, 0.6) is 0 Å². The smallest absolute Gasteiger partial charge is 0.0451 e. The second-order valence-electron chi connectivity index (χ2n) is 6.62. The van der Waals surface area contributed by atoms with Gasteiger partial charge in [0.2, 0.25) is 0 Å². The van der Waals surface area contributed by atoms with Gasteiger partial charge in [-0.2, -0.15) is 0 Å². The first kappa shape index (κ1) is 14.4. The Bertz CT molecular complexity index is 460. The molecule has 2 aliphatic rings. The van der Waals surface area contributed by atoms with Gasteiger partial charge in [0.15, 0.2) is 0 Å². The Morgan fingerprint density at radius 3 is 2.80 bits per heavy atom. The van der Waals surface area contributed by atoms with Crippen LogP contribution in [0.4, 0.5) is 0 Å². The van der Waals surface area contributed by atoms with Gasteiger partial charge in [-0.15, -0.1) is 0 Å². The lowest BCUT2D eigenvalue weighted by molar-refractivity contribution is 0.0239. The monoisotopic (exact) mass is 292 g/mol. The lowest BCUT2D eigenvalue weighted by Crippen LogP contribution is -2.57. The van der Waals surface area contributed by atoms with Gasteiger partial charge in [-0.25, -0.2) is 0 Å². The summed E-state index contributed by atoms with van der Waals surface area (Å²) in [7, 11) is 0. The minimum Gasteiger partial charge on any atom is -0.298 e. The quantitative estimate of drug-likeness (QED) is 0.839. The maximum Gasteiger partial charge on any atom is 0.0451 e. The first-order valence-electron chi connectivity index (χ1n) is 7.86. The molecule has 0 radical (unpaired) electrons. The molecule has 2 nitrogen and oxygen atoms in total. The van der Waals surface area contributed by atoms with Crippen LogP contribution in [0, 0.1) is 5.92 Å². The van der Waals surface area contributed by atoms with E-state index in [2.05, 4.69) is 35.8 Å². The maximum absolute atomic E-state index is 6.34. The van der Waals surface area contributed by atoms with Crippen LogP contribution in [0.1, 0.15) is 32.3 Å². The lowest BCUT2D eigenvalue weighted by Gasteiger charge is -2.45. The van der Waals surface area contributed by atoms with E-state index in [0.717, 1.165) is 17.6 Å². The second-order valence-corrected chi connectivity index (χ2v) is 7.03. The number of benzene rings is 1. The summed E-state index contributed by atoms with van der Waals surface area (Å²) in [5.74, 6) is 0.694. The molecule has 2 heterocycles. The summed E-state index contributed by atoms with van der Waals surface area (Å²) >= 11 is 6.34. The zero-order valence-corrected chi connectivity index (χ0v) is 13.3. The van der Waals surface area contributed by atoms with Crippen LogP contribution in [-0.4, -0.2) is 41.5 Å². The minimum absolute atomic E-state index is 0.653. The molecule has 0 bridgehead atoms. The topological polar surface area (TPSA) is 6.48 Å². The number of rotatable bonds is 3. The minimum atomic E-state index is 0.653. The number of nitrogens with zero attached hydrogens (tertiary/aromatic N) is 2. The van der Waals surface area contributed by atoms with Crippen LogP contribution in [0.25, 0.3) is 0 Å². The molecule has 1 aromatic rings. The highest BCUT2D eigenvalue weighted by Gasteiger charge is 2.37. The molecule has 2 atom stereocenters. The molecule has 3 rings (SSSR count). The van der Waals surface area contributed by atoms with Crippen molar-refractivity contribution in [3.63, 3.8) is 0 Å². The standard InChI is InChI=1S/C17H25ClN2/c1-13(2)17-12-19-9-5-7-15(19)11-20(17)10-14-6-3-4-8-16(14)18/h3-4,6,8,13,15,17H,5,7,9-12H2,1-2H3. The molecule has 3 heteroatoms. The molecule has 0 saturated carbocycles. The van der Waals surface area contributed by atoms with Gasteiger partial charge in [-0.3, -0.25) is 9.80 Å². The molecule has 2 fully saturated rings. The summed E-state index contributed by atoms with van der Waals surface area (Å²) < 4.78 is 0. The largest absolute Gasteiger partial charge is 0.298 e. The van der Waals surface area contributed by atoms with Gasteiger partial charge in [0.05, 0.1) is 0 Å². The number of hydrogen-bond acceptors (Lipinski definition) is 2. The van der Waals surface area contributed by atoms with Gasteiger partial charge in [0.1, 0.15) is 0 Å². The van der Waals surface area contributed by atoms with E-state index in [1.807, 2.05) is 12.1 Å². The molecule has 110 valence electrons. The summed E-state index contributed by atoms with van der Waals surface area (Å²) in [6.07, 6.45) is 2.74. The van der Waals surface area contributed by atoms with E-state index in [4.69, 9.17) is 11.6 Å². The SMILES string of the molecule is CC(C)C1CN2CCCC2CN1Cc1ccccc1Cl. The molecule has 1 aromatic carbocycles. The average molecular weight is 293 g/mol. The van der Waals surface area contributed by atoms with Crippen molar-refractivity contribution in [2.24, 2.45) is 5.92 Å². The van der Waals surface area contributed by atoms with E-state index in [1.165, 1.54) is 38.0 Å². The molecule has 2 aliphatic heterocycles. The van der Waals surface area contributed by atoms with Crippen molar-refractivity contribution in [3.05, 3.63) is 34.9 Å². The Morgan fingerprint density at radius 1 is 1.25 bits per heavy atom. The highest BCUT2D eigenvalue weighted by atomic mass is 35.5. The Hall–Kier alpha value is -0.570. The van der Waals surface area contributed by atoms with Crippen molar-refractivity contribution < 1.29 is 0 Å². The molecule has 0 spiro atoms. The summed E-state index contributed by atoms with van der Waals surface area (Å²) in [6, 6.07) is 9.71. The second kappa shape index (κ2) is 6.05. The van der Waals surface area contributed by atoms with E-state index < -0.39 is 0 Å². The Labute approximate surface area is 127 Å². The van der Waals surface area contributed by atoms with Crippen LogP contribution in [0.2, 0.25) is 5.02 Å². The van der Waals surface area contributed by atoms with E-state index >= 15 is 0 Å². The van der Waals surface area contributed by atoms with E-state index in [0.29, 0.717) is 12.0 Å². The molecule has 2 saturated heterocycles. The molecule has 0 aliphatic carbocycles. The van der Waals surface area contributed by atoms with Gasteiger partial charge >= 0.3 is 0 Å². The van der Waals surface area contributed by atoms with Crippen molar-refractivity contribution in [3.8, 4) is 0 Å². The molecule has 20 heavy (non-hydrogen) atoms. The number of piperazine rings is 1. The van der Waals surface area contributed by atoms with Crippen LogP contribution < -0.4 is 0 Å². The van der Waals surface area contributed by atoms with Gasteiger partial charge < -0.3 is 0 Å². The van der Waals surface area contributed by atoms with Crippen LogP contribution in [-0.2, 0) is 6.54 Å². The summed E-state index contributed by atoms with van der Waals surface area (Å²) in [5.41, 5.74) is 1.27. The number of halogens is 1. The maximum atomic E-state index is 6.34. The predicted octanol–water partition coefficient (Wildman–Crippen LogP) is 3.64. The van der Waals surface area contributed by atoms with Gasteiger partial charge in [0.25, 0.3) is 0 Å².